The van der Waals surface area contributed by atoms with Crippen LogP contribution in [0.25, 0.3) is 95.6 Å². The molecule has 0 aliphatic rings. The van der Waals surface area contributed by atoms with Crippen LogP contribution in [-0.2, 0) is 27.7 Å². The summed E-state index contributed by atoms with van der Waals surface area (Å²) in [5.74, 6) is 5.08. The van der Waals surface area contributed by atoms with Crippen LogP contribution in [0.5, 0.6) is 34.5 Å². The summed E-state index contributed by atoms with van der Waals surface area (Å²) < 4.78 is 68.1. The van der Waals surface area contributed by atoms with Gasteiger partial charge in [0.1, 0.15) is 69.2 Å². The first kappa shape index (κ1) is 91.9. The van der Waals surface area contributed by atoms with Gasteiger partial charge in [-0.2, -0.15) is 0 Å². The molecule has 17 nitrogen and oxygen atoms in total. The Hall–Kier alpha value is -16.3. The van der Waals surface area contributed by atoms with Gasteiger partial charge in [-0.05, 0) is 278 Å². The lowest BCUT2D eigenvalue weighted by Gasteiger charge is -2.26. The number of hydrogen-bond donors (Lipinski definition) is 4. The van der Waals surface area contributed by atoms with E-state index in [0.29, 0.717) is 45.3 Å². The Morgan fingerprint density at radius 2 is 0.689 bits per heavy atom. The lowest BCUT2D eigenvalue weighted by atomic mass is 9.78. The number of aryl methyl sites for hydroxylation is 2. The number of phenolic OH excluding ortho intramolecular Hbond substituents is 2. The van der Waals surface area contributed by atoms with Crippen molar-refractivity contribution in [1.82, 2.24) is 44.0 Å². The quantitative estimate of drug-likeness (QED) is 0.0552. The lowest BCUT2D eigenvalue weighted by molar-refractivity contribution is 0.103. The molecule has 0 fully saturated rings. The Bertz CT molecular complexity index is 7300. The number of pyridine rings is 1. The summed E-state index contributed by atoms with van der Waals surface area (Å²) in [6.45, 7) is 10.5. The number of carbonyl (C=O) groups excluding carboxylic acids is 2. The lowest BCUT2D eigenvalue weighted by Crippen LogP contribution is -2.18. The van der Waals surface area contributed by atoms with Gasteiger partial charge in [-0.15, -0.1) is 0 Å². The first-order chi connectivity index (χ1) is 62.4. The topological polar surface area (TPSA) is 233 Å². The number of carbonyl (C=O) groups is 2. The number of ketones is 2. The van der Waals surface area contributed by atoms with Gasteiger partial charge in [0.2, 0.25) is 9.84 Å². The van der Waals surface area contributed by atoms with Crippen molar-refractivity contribution >= 4 is 65.5 Å². The number of aromatic hydroxyl groups is 2. The van der Waals surface area contributed by atoms with E-state index in [2.05, 4.69) is 99.2 Å². The van der Waals surface area contributed by atoms with Crippen molar-refractivity contribution in [1.29, 1.82) is 0 Å². The molecule has 0 amide bonds. The molecule has 4 N–H and O–H groups in total. The number of nitrogens with one attached hydrogen (secondary N) is 2. The standard InChI is InChI=1S/C62H48N4O5S.C19H13N5.C15H16O2.C13H8F2O.3CH4/c1-41-16-36-53(37-17-41)72(68,69)54-38-34-52(35-39-54)71-51-32-24-47(25-33-51)62(2,3)46-22-30-50(31-23-46)70-49-28-20-43(21-29-49)59(67)42-18-26-48(27-19-42)66-58-15-8-6-13-56(58)64-61(66)45-11-9-10-44(40-45)60-63-55-12-5-7-14-57(55)65(60)4;1-2-7-13-12(6-1)21-18(22-13)16-10-5-11-17(20-16)19-23-14-8-3-4-9-15(14)24-19;1-15(2,11-3-7-13(16)8-4-11)12-5-9-14(17)10-6-12;14-11-5-1-9(2-6-11)13(16)10-3-7-12(15)8-4-10;;;/h5-40H,1-4H3;1-11H,(H,21,22)(H,23,24);3-10,16-17H,1-2H3;1-8H;3*1H4. The van der Waals surface area contributed by atoms with E-state index in [-0.39, 0.29) is 66.0 Å². The second kappa shape index (κ2) is 39.5. The number of nitrogens with zero attached hydrogens (tertiary/aromatic N) is 7. The number of fused-ring (bicyclic) bond motifs is 4. The van der Waals surface area contributed by atoms with Gasteiger partial charge in [-0.1, -0.05) is 189 Å². The highest BCUT2D eigenvalue weighted by Gasteiger charge is 2.27. The first-order valence-corrected chi connectivity index (χ1v) is 43.2. The van der Waals surface area contributed by atoms with Crippen LogP contribution in [0.2, 0.25) is 0 Å². The highest BCUT2D eigenvalue weighted by Crippen LogP contribution is 2.39. The van der Waals surface area contributed by atoms with Gasteiger partial charge >= 0.3 is 0 Å². The van der Waals surface area contributed by atoms with Crippen LogP contribution in [0.15, 0.2) is 392 Å². The summed E-state index contributed by atoms with van der Waals surface area (Å²) in [5, 5.41) is 18.6. The fourth-order valence-corrected chi connectivity index (χ4v) is 16.5. The predicted molar refractivity (Wildman–Crippen MR) is 524 cm³/mol. The van der Waals surface area contributed by atoms with Gasteiger partial charge in [0, 0.05) is 56.9 Å². The van der Waals surface area contributed by atoms with Crippen LogP contribution in [0.1, 0.15) is 110 Å². The highest BCUT2D eigenvalue weighted by atomic mass is 32.2. The van der Waals surface area contributed by atoms with E-state index < -0.39 is 21.5 Å². The zero-order chi connectivity index (χ0) is 89.5. The second-order valence-electron chi connectivity index (χ2n) is 32.1. The molecule has 20 rings (SSSR count). The van der Waals surface area contributed by atoms with Crippen LogP contribution >= 0.6 is 0 Å². The fourth-order valence-electron chi connectivity index (χ4n) is 15.3. The summed E-state index contributed by atoms with van der Waals surface area (Å²) in [6.07, 6.45) is 0. The van der Waals surface area contributed by atoms with E-state index in [9.17, 15) is 37.0 Å². The summed E-state index contributed by atoms with van der Waals surface area (Å²) in [7, 11) is -1.59. The number of para-hydroxylation sites is 8. The van der Waals surface area contributed by atoms with Crippen molar-refractivity contribution in [2.75, 3.05) is 0 Å². The van der Waals surface area contributed by atoms with Crippen LogP contribution in [0.4, 0.5) is 8.78 Å². The Kier molecular flexibility index (Phi) is 27.5. The number of sulfone groups is 1. The number of rotatable bonds is 19. The fraction of sp³-hybridized carbons (Fsp3) is 0.0982. The number of aromatic amines is 2. The van der Waals surface area contributed by atoms with Crippen molar-refractivity contribution in [3.05, 3.63) is 444 Å². The van der Waals surface area contributed by atoms with Gasteiger partial charge in [0.25, 0.3) is 0 Å². The van der Waals surface area contributed by atoms with Gasteiger partial charge in [0.05, 0.1) is 53.9 Å². The Morgan fingerprint density at radius 1 is 0.356 bits per heavy atom. The molecule has 658 valence electrons. The predicted octanol–water partition coefficient (Wildman–Crippen LogP) is 27.2. The third-order valence-electron chi connectivity index (χ3n) is 22.7. The van der Waals surface area contributed by atoms with E-state index in [4.69, 9.17) is 24.4 Å². The number of aromatic nitrogens is 9. The van der Waals surface area contributed by atoms with E-state index >= 15 is 0 Å². The van der Waals surface area contributed by atoms with Crippen LogP contribution in [0, 0.1) is 18.6 Å². The molecule has 132 heavy (non-hydrogen) atoms. The zero-order valence-corrected chi connectivity index (χ0v) is 71.8. The molecule has 0 spiro atoms. The molecule has 0 atom stereocenters. The number of benzene rings is 15. The Morgan fingerprint density at radius 3 is 1.11 bits per heavy atom. The number of hydrogen-bond acceptors (Lipinski definition) is 13. The number of phenols is 2. The molecule has 0 unspecified atom stereocenters. The number of halogens is 2. The van der Waals surface area contributed by atoms with Gasteiger partial charge in [-0.25, -0.2) is 42.1 Å². The van der Waals surface area contributed by atoms with E-state index in [1.165, 1.54) is 48.5 Å². The molecule has 0 saturated carbocycles. The van der Waals surface area contributed by atoms with Gasteiger partial charge in [-0.3, -0.25) is 14.2 Å². The average molecular weight is 1770 g/mol. The maximum absolute atomic E-state index is 13.8. The van der Waals surface area contributed by atoms with Crippen molar-refractivity contribution < 1.29 is 46.5 Å². The molecule has 0 aliphatic carbocycles. The molecule has 15 aromatic carbocycles. The van der Waals surface area contributed by atoms with Crippen molar-refractivity contribution in [3.63, 3.8) is 0 Å². The normalized spacial score (nSPS) is 11.2. The highest BCUT2D eigenvalue weighted by molar-refractivity contribution is 7.91. The third-order valence-corrected chi connectivity index (χ3v) is 24.5. The molecule has 0 radical (unpaired) electrons. The van der Waals surface area contributed by atoms with Crippen molar-refractivity contribution in [3.8, 4) is 86.0 Å². The van der Waals surface area contributed by atoms with Crippen molar-refractivity contribution in [2.45, 2.75) is 77.5 Å². The summed E-state index contributed by atoms with van der Waals surface area (Å²) >= 11 is 0. The number of ether oxygens (including phenoxy) is 2. The smallest absolute Gasteiger partial charge is 0.206 e. The van der Waals surface area contributed by atoms with E-state index in [1.807, 2.05) is 220 Å². The van der Waals surface area contributed by atoms with Crippen LogP contribution < -0.4 is 9.47 Å². The zero-order valence-electron chi connectivity index (χ0n) is 71.0. The molecule has 20 aromatic rings. The summed E-state index contributed by atoms with van der Waals surface area (Å²) in [4.78, 5) is 56.7. The van der Waals surface area contributed by atoms with Gasteiger partial charge < -0.3 is 34.2 Å². The summed E-state index contributed by atoms with van der Waals surface area (Å²) in [5.41, 5.74) is 19.0. The van der Waals surface area contributed by atoms with Gasteiger partial charge in [0.15, 0.2) is 23.2 Å². The summed E-state index contributed by atoms with van der Waals surface area (Å²) in [6, 6.07) is 115. The molecular weight excluding hydrogens is 1670 g/mol. The largest absolute Gasteiger partial charge is 0.508 e. The maximum Gasteiger partial charge on any atom is 0.206 e. The molecule has 20 heteroatoms. The molecule has 0 aliphatic heterocycles. The Balaban J connectivity index is 0.000000186. The Labute approximate surface area is 765 Å². The van der Waals surface area contributed by atoms with Crippen molar-refractivity contribution in [2.24, 2.45) is 7.05 Å². The minimum atomic E-state index is -3.63. The molecule has 5 heterocycles. The van der Waals surface area contributed by atoms with Crippen LogP contribution in [-0.4, -0.2) is 74.2 Å². The SMILES string of the molecule is C.C.C.CC(C)(c1ccc(O)cc1)c1ccc(O)cc1.Cc1ccc(S(=O)(=O)c2ccc(Oc3ccc(C(C)(C)c4ccc(Oc5ccc(C(=O)c6ccc(-n7c(-c8cccc(-c9nc%10ccccc%10n9C)c8)nc8ccccc87)cc6)cc5)cc4)cc3)cc2)cc1.O=C(c1ccc(F)cc1)c1ccc(F)cc1.c1cc(-c2nc3ccccc3[nH]2)nc(-c2nc3ccccc3[nH]2)c1. The van der Waals surface area contributed by atoms with E-state index in [1.54, 1.807) is 84.9 Å². The number of H-pyrrole nitrogens is 2. The monoisotopic (exact) mass is 1770 g/mol. The molecule has 5 aromatic heterocycles. The maximum atomic E-state index is 13.8. The third kappa shape index (κ3) is 20.1. The molecular formula is C112H97F2N9O8S. The molecule has 0 bridgehead atoms. The average Bonchev–Trinajstić information content (AvgIpc) is 1.60. The first-order valence-electron chi connectivity index (χ1n) is 41.7. The van der Waals surface area contributed by atoms with Crippen LogP contribution in [0.3, 0.4) is 0 Å². The minimum Gasteiger partial charge on any atom is -0.508 e. The number of imidazole rings is 4. The minimum absolute atomic E-state index is 0. The van der Waals surface area contributed by atoms with E-state index in [0.717, 1.165) is 123 Å². The second-order valence-corrected chi connectivity index (χ2v) is 34.0. The molecule has 0 saturated heterocycles.